The summed E-state index contributed by atoms with van der Waals surface area (Å²) in [5.41, 5.74) is 4.33. The SMILES string of the molecule is OCc1ccc(CSCc2cn3ccccc3n2)cc1. The number of rotatable bonds is 5. The number of nitrogens with zero attached hydrogens (tertiary/aromatic N) is 2. The molecule has 3 nitrogen and oxygen atoms in total. The Kier molecular flexibility index (Phi) is 4.04. The largest absolute Gasteiger partial charge is 0.392 e. The Morgan fingerprint density at radius 3 is 2.55 bits per heavy atom. The molecule has 1 aromatic carbocycles. The first-order valence-corrected chi connectivity index (χ1v) is 7.69. The fraction of sp³-hybridized carbons (Fsp3) is 0.188. The number of hydrogen-bond acceptors (Lipinski definition) is 3. The smallest absolute Gasteiger partial charge is 0.137 e. The van der Waals surface area contributed by atoms with Gasteiger partial charge in [0.2, 0.25) is 0 Å². The second-order valence-electron chi connectivity index (χ2n) is 4.67. The molecule has 3 rings (SSSR count). The van der Waals surface area contributed by atoms with E-state index in [4.69, 9.17) is 5.11 Å². The quantitative estimate of drug-likeness (QED) is 0.781. The summed E-state index contributed by atoms with van der Waals surface area (Å²) in [6.45, 7) is 0.106. The molecular weight excluding hydrogens is 268 g/mol. The van der Waals surface area contributed by atoms with E-state index in [9.17, 15) is 0 Å². The molecule has 0 bridgehead atoms. The number of imidazole rings is 1. The van der Waals surface area contributed by atoms with E-state index in [1.807, 2.05) is 52.7 Å². The molecule has 0 aliphatic heterocycles. The lowest BCUT2D eigenvalue weighted by atomic mass is 10.2. The van der Waals surface area contributed by atoms with Crippen LogP contribution in [-0.4, -0.2) is 14.5 Å². The average Bonchev–Trinajstić information content (AvgIpc) is 2.90. The summed E-state index contributed by atoms with van der Waals surface area (Å²) in [5.74, 6) is 1.86. The Labute approximate surface area is 122 Å². The fourth-order valence-corrected chi connectivity index (χ4v) is 2.95. The van der Waals surface area contributed by atoms with Gasteiger partial charge in [-0.05, 0) is 23.3 Å². The zero-order chi connectivity index (χ0) is 13.8. The van der Waals surface area contributed by atoms with Gasteiger partial charge in [-0.25, -0.2) is 4.98 Å². The van der Waals surface area contributed by atoms with Gasteiger partial charge in [-0.1, -0.05) is 30.3 Å². The lowest BCUT2D eigenvalue weighted by Gasteiger charge is -2.01. The van der Waals surface area contributed by atoms with Crippen LogP contribution >= 0.6 is 11.8 Å². The Morgan fingerprint density at radius 1 is 1.00 bits per heavy atom. The Bertz CT molecular complexity index is 658. The number of aliphatic hydroxyl groups excluding tert-OH is 1. The van der Waals surface area contributed by atoms with Crippen LogP contribution in [-0.2, 0) is 18.1 Å². The second kappa shape index (κ2) is 6.11. The molecular formula is C16H16N2OS. The van der Waals surface area contributed by atoms with Crippen molar-refractivity contribution < 1.29 is 5.11 Å². The van der Waals surface area contributed by atoms with E-state index in [0.717, 1.165) is 28.4 Å². The number of hydrogen-bond donors (Lipinski definition) is 1. The van der Waals surface area contributed by atoms with Gasteiger partial charge >= 0.3 is 0 Å². The molecule has 0 saturated heterocycles. The summed E-state index contributed by atoms with van der Waals surface area (Å²) in [7, 11) is 0. The molecule has 20 heavy (non-hydrogen) atoms. The minimum atomic E-state index is 0.106. The molecule has 0 atom stereocenters. The van der Waals surface area contributed by atoms with Crippen LogP contribution in [0.3, 0.4) is 0 Å². The van der Waals surface area contributed by atoms with Gasteiger partial charge in [0, 0.05) is 23.9 Å². The second-order valence-corrected chi connectivity index (χ2v) is 5.65. The molecule has 0 radical (unpaired) electrons. The van der Waals surface area contributed by atoms with E-state index < -0.39 is 0 Å². The van der Waals surface area contributed by atoms with Gasteiger partial charge in [-0.2, -0.15) is 11.8 Å². The number of benzene rings is 1. The highest BCUT2D eigenvalue weighted by molar-refractivity contribution is 7.97. The van der Waals surface area contributed by atoms with Gasteiger partial charge < -0.3 is 9.51 Å². The van der Waals surface area contributed by atoms with Crippen molar-refractivity contribution in [1.82, 2.24) is 9.38 Å². The van der Waals surface area contributed by atoms with Crippen LogP contribution in [0.5, 0.6) is 0 Å². The molecule has 2 heterocycles. The highest BCUT2D eigenvalue weighted by Gasteiger charge is 2.01. The normalized spacial score (nSPS) is 11.1. The van der Waals surface area contributed by atoms with Crippen LogP contribution in [0, 0.1) is 0 Å². The first-order chi connectivity index (χ1) is 9.85. The predicted octanol–water partition coefficient (Wildman–Crippen LogP) is 3.26. The Morgan fingerprint density at radius 2 is 1.80 bits per heavy atom. The predicted molar refractivity (Wildman–Crippen MR) is 82.6 cm³/mol. The van der Waals surface area contributed by atoms with Crippen molar-refractivity contribution in [2.24, 2.45) is 0 Å². The molecule has 0 unspecified atom stereocenters. The third-order valence-corrected chi connectivity index (χ3v) is 4.18. The van der Waals surface area contributed by atoms with E-state index in [-0.39, 0.29) is 6.61 Å². The molecule has 4 heteroatoms. The Hall–Kier alpha value is -1.78. The zero-order valence-corrected chi connectivity index (χ0v) is 11.9. The lowest BCUT2D eigenvalue weighted by molar-refractivity contribution is 0.282. The maximum atomic E-state index is 9.01. The summed E-state index contributed by atoms with van der Waals surface area (Å²) >= 11 is 1.85. The molecule has 0 amide bonds. The number of aromatic nitrogens is 2. The van der Waals surface area contributed by atoms with Crippen LogP contribution < -0.4 is 0 Å². The molecule has 0 aliphatic carbocycles. The highest BCUT2D eigenvalue weighted by atomic mass is 32.2. The molecule has 0 fully saturated rings. The molecule has 0 aliphatic rings. The van der Waals surface area contributed by atoms with E-state index in [2.05, 4.69) is 23.3 Å². The van der Waals surface area contributed by atoms with Crippen LogP contribution in [0.15, 0.2) is 54.9 Å². The van der Waals surface area contributed by atoms with Crippen LogP contribution in [0.4, 0.5) is 0 Å². The highest BCUT2D eigenvalue weighted by Crippen LogP contribution is 2.18. The van der Waals surface area contributed by atoms with Crippen molar-refractivity contribution in [1.29, 1.82) is 0 Å². The average molecular weight is 284 g/mol. The molecule has 0 spiro atoms. The molecule has 2 aromatic heterocycles. The van der Waals surface area contributed by atoms with E-state index >= 15 is 0 Å². The standard InChI is InChI=1S/C16H16N2OS/c19-10-13-4-6-14(7-5-13)11-20-12-15-9-18-8-2-1-3-16(18)17-15/h1-9,19H,10-12H2. The van der Waals surface area contributed by atoms with Crippen molar-refractivity contribution in [3.8, 4) is 0 Å². The molecule has 3 aromatic rings. The number of fused-ring (bicyclic) bond motifs is 1. The summed E-state index contributed by atoms with van der Waals surface area (Å²) in [6.07, 6.45) is 4.10. The van der Waals surface area contributed by atoms with Gasteiger partial charge in [-0.15, -0.1) is 0 Å². The molecule has 0 saturated carbocycles. The summed E-state index contributed by atoms with van der Waals surface area (Å²) in [6, 6.07) is 14.1. The van der Waals surface area contributed by atoms with E-state index in [0.29, 0.717) is 0 Å². The fourth-order valence-electron chi connectivity index (χ4n) is 2.07. The van der Waals surface area contributed by atoms with Crippen molar-refractivity contribution in [3.63, 3.8) is 0 Å². The van der Waals surface area contributed by atoms with Gasteiger partial charge in [-0.3, -0.25) is 0 Å². The van der Waals surface area contributed by atoms with Crippen molar-refractivity contribution in [3.05, 3.63) is 71.7 Å². The third-order valence-electron chi connectivity index (χ3n) is 3.14. The maximum Gasteiger partial charge on any atom is 0.137 e. The topological polar surface area (TPSA) is 37.5 Å². The van der Waals surface area contributed by atoms with Gasteiger partial charge in [0.05, 0.1) is 12.3 Å². The van der Waals surface area contributed by atoms with Crippen LogP contribution in [0.25, 0.3) is 5.65 Å². The van der Waals surface area contributed by atoms with Gasteiger partial charge in [0.25, 0.3) is 0 Å². The number of aliphatic hydroxyl groups is 1. The summed E-state index contributed by atoms with van der Waals surface area (Å²) in [5, 5.41) is 9.01. The minimum Gasteiger partial charge on any atom is -0.392 e. The Balaban J connectivity index is 1.58. The van der Waals surface area contributed by atoms with E-state index in [1.165, 1.54) is 5.56 Å². The van der Waals surface area contributed by atoms with Crippen LogP contribution in [0.2, 0.25) is 0 Å². The van der Waals surface area contributed by atoms with Crippen LogP contribution in [0.1, 0.15) is 16.8 Å². The maximum absolute atomic E-state index is 9.01. The summed E-state index contributed by atoms with van der Waals surface area (Å²) < 4.78 is 2.05. The zero-order valence-electron chi connectivity index (χ0n) is 11.1. The number of pyridine rings is 1. The minimum absolute atomic E-state index is 0.106. The summed E-state index contributed by atoms with van der Waals surface area (Å²) in [4.78, 5) is 4.58. The lowest BCUT2D eigenvalue weighted by Crippen LogP contribution is -1.86. The van der Waals surface area contributed by atoms with Crippen molar-refractivity contribution in [2.45, 2.75) is 18.1 Å². The van der Waals surface area contributed by atoms with Crippen molar-refractivity contribution >= 4 is 17.4 Å². The molecule has 102 valence electrons. The first kappa shape index (κ1) is 13.2. The van der Waals surface area contributed by atoms with Crippen molar-refractivity contribution in [2.75, 3.05) is 0 Å². The third kappa shape index (κ3) is 3.03. The van der Waals surface area contributed by atoms with E-state index in [1.54, 1.807) is 0 Å². The molecule has 1 N–H and O–H groups in total. The van der Waals surface area contributed by atoms with Gasteiger partial charge in [0.15, 0.2) is 0 Å². The number of thioether (sulfide) groups is 1. The van der Waals surface area contributed by atoms with Gasteiger partial charge in [0.1, 0.15) is 5.65 Å². The monoisotopic (exact) mass is 284 g/mol. The first-order valence-electron chi connectivity index (χ1n) is 6.54.